The molecule has 1 saturated heterocycles. The first-order chi connectivity index (χ1) is 19.4. The van der Waals surface area contributed by atoms with Crippen LogP contribution in [0.1, 0.15) is 34.5 Å². The van der Waals surface area contributed by atoms with Crippen LogP contribution in [-0.4, -0.2) is 64.6 Å². The number of aromatic nitrogens is 2. The average Bonchev–Trinajstić information content (AvgIpc) is 3.10. The third-order valence-corrected chi connectivity index (χ3v) is 7.38. The standard InChI is InChI=1S/C30H25ClF2N6O.CH4/c1-38-11-13-39(14-12-38)29(40)18-5-8-21(9-6-18)36-30-35-17-19-16-34-28(26-24(32)3-2-4-25(26)33)23-15-20(31)7-10-22(23)27(19)37-30;/h2-10,15,17H,11-14,16H2,1H3,(H,35,36,37);1H4. The summed E-state index contributed by atoms with van der Waals surface area (Å²) in [6.45, 7) is 3.27. The lowest BCUT2D eigenvalue weighted by Crippen LogP contribution is -2.47. The Balaban J connectivity index is 0.00000337. The van der Waals surface area contributed by atoms with E-state index in [9.17, 15) is 13.6 Å². The van der Waals surface area contributed by atoms with Crippen molar-refractivity contribution in [2.24, 2.45) is 4.99 Å². The van der Waals surface area contributed by atoms with E-state index in [0.717, 1.165) is 13.1 Å². The van der Waals surface area contributed by atoms with Gasteiger partial charge in [0.15, 0.2) is 0 Å². The highest BCUT2D eigenvalue weighted by molar-refractivity contribution is 6.31. The molecule has 41 heavy (non-hydrogen) atoms. The molecule has 0 atom stereocenters. The van der Waals surface area contributed by atoms with E-state index in [0.29, 0.717) is 57.7 Å². The van der Waals surface area contributed by atoms with Crippen LogP contribution in [0.5, 0.6) is 0 Å². The number of amides is 1. The van der Waals surface area contributed by atoms with Crippen molar-refractivity contribution < 1.29 is 13.6 Å². The maximum absolute atomic E-state index is 14.8. The van der Waals surface area contributed by atoms with Gasteiger partial charge in [0.2, 0.25) is 5.95 Å². The lowest BCUT2D eigenvalue weighted by atomic mass is 9.95. The van der Waals surface area contributed by atoms with E-state index >= 15 is 0 Å². The highest BCUT2D eigenvalue weighted by Crippen LogP contribution is 2.34. The van der Waals surface area contributed by atoms with E-state index in [4.69, 9.17) is 16.6 Å². The fourth-order valence-electron chi connectivity index (χ4n) is 4.94. The summed E-state index contributed by atoms with van der Waals surface area (Å²) in [7, 11) is 2.05. The smallest absolute Gasteiger partial charge is 0.253 e. The third kappa shape index (κ3) is 5.68. The average molecular weight is 575 g/mol. The predicted octanol–water partition coefficient (Wildman–Crippen LogP) is 6.19. The zero-order valence-corrected chi connectivity index (χ0v) is 22.4. The van der Waals surface area contributed by atoms with Crippen LogP contribution in [0.15, 0.2) is 71.9 Å². The Kier molecular flexibility index (Phi) is 8.10. The first-order valence-corrected chi connectivity index (χ1v) is 13.2. The van der Waals surface area contributed by atoms with Gasteiger partial charge < -0.3 is 15.1 Å². The molecule has 1 fully saturated rings. The molecular weight excluding hydrogens is 546 g/mol. The monoisotopic (exact) mass is 574 g/mol. The largest absolute Gasteiger partial charge is 0.336 e. The summed E-state index contributed by atoms with van der Waals surface area (Å²) in [5, 5.41) is 3.60. The second-order valence-corrected chi connectivity index (χ2v) is 10.3. The van der Waals surface area contributed by atoms with Crippen LogP contribution in [0.3, 0.4) is 0 Å². The molecule has 0 radical (unpaired) electrons. The Bertz CT molecular complexity index is 1610. The van der Waals surface area contributed by atoms with E-state index in [-0.39, 0.29) is 31.2 Å². The van der Waals surface area contributed by atoms with Crippen molar-refractivity contribution in [2.75, 3.05) is 38.5 Å². The van der Waals surface area contributed by atoms with Gasteiger partial charge in [-0.1, -0.05) is 31.2 Å². The second kappa shape index (κ2) is 11.7. The summed E-state index contributed by atoms with van der Waals surface area (Å²) in [6, 6.07) is 16.0. The van der Waals surface area contributed by atoms with Crippen LogP contribution < -0.4 is 5.32 Å². The van der Waals surface area contributed by atoms with E-state index in [2.05, 4.69) is 27.2 Å². The molecule has 210 valence electrons. The number of anilines is 2. The lowest BCUT2D eigenvalue weighted by molar-refractivity contribution is 0.0664. The Morgan fingerprint density at radius 2 is 1.66 bits per heavy atom. The predicted molar refractivity (Wildman–Crippen MR) is 158 cm³/mol. The SMILES string of the molecule is C.CN1CCN(C(=O)c2ccc(Nc3ncc4c(n3)-c3ccc(Cl)cc3C(c3c(F)cccc3F)=NC4)cc2)CC1. The molecule has 0 unspecified atom stereocenters. The summed E-state index contributed by atoms with van der Waals surface area (Å²) < 4.78 is 29.6. The zero-order valence-electron chi connectivity index (χ0n) is 21.7. The number of piperazine rings is 1. The van der Waals surface area contributed by atoms with Crippen molar-refractivity contribution in [2.45, 2.75) is 14.0 Å². The molecule has 1 aromatic heterocycles. The van der Waals surface area contributed by atoms with Crippen molar-refractivity contribution in [1.82, 2.24) is 19.8 Å². The number of aliphatic imine (C=N–C) groups is 1. The maximum Gasteiger partial charge on any atom is 0.253 e. The molecule has 1 N–H and O–H groups in total. The first kappa shape index (κ1) is 28.3. The molecule has 0 bridgehead atoms. The molecule has 4 aromatic rings. The molecule has 10 heteroatoms. The highest BCUT2D eigenvalue weighted by Gasteiger charge is 2.25. The van der Waals surface area contributed by atoms with Crippen molar-refractivity contribution in [3.8, 4) is 11.3 Å². The van der Waals surface area contributed by atoms with E-state index in [1.54, 1.807) is 36.5 Å². The number of hydrogen-bond donors (Lipinski definition) is 1. The molecular formula is C31H29ClF2N6O. The number of hydrogen-bond acceptors (Lipinski definition) is 6. The number of benzene rings is 3. The molecule has 2 aliphatic rings. The quantitative estimate of drug-likeness (QED) is 0.314. The Morgan fingerprint density at radius 3 is 2.37 bits per heavy atom. The van der Waals surface area contributed by atoms with Crippen molar-refractivity contribution in [3.63, 3.8) is 0 Å². The van der Waals surface area contributed by atoms with E-state index < -0.39 is 11.6 Å². The second-order valence-electron chi connectivity index (χ2n) is 9.82. The van der Waals surface area contributed by atoms with Crippen LogP contribution in [0.2, 0.25) is 5.02 Å². The number of carbonyl (C=O) groups excluding carboxylic acids is 1. The zero-order chi connectivity index (χ0) is 27.8. The van der Waals surface area contributed by atoms with E-state index in [1.165, 1.54) is 18.2 Å². The fraction of sp³-hybridized carbons (Fsp3) is 0.226. The van der Waals surface area contributed by atoms with Gasteiger partial charge in [-0.15, -0.1) is 0 Å². The Hall–Kier alpha value is -4.21. The normalized spacial score (nSPS) is 14.7. The van der Waals surface area contributed by atoms with Gasteiger partial charge in [-0.05, 0) is 55.6 Å². The third-order valence-electron chi connectivity index (χ3n) is 7.14. The van der Waals surface area contributed by atoms with Crippen LogP contribution in [0, 0.1) is 11.6 Å². The van der Waals surface area contributed by atoms with Crippen LogP contribution in [0.4, 0.5) is 20.4 Å². The summed E-state index contributed by atoms with van der Waals surface area (Å²) in [4.78, 5) is 30.7. The number of rotatable bonds is 4. The van der Waals surface area contributed by atoms with Gasteiger partial charge in [-0.25, -0.2) is 18.7 Å². The van der Waals surface area contributed by atoms with Gasteiger partial charge in [-0.2, -0.15) is 0 Å². The Morgan fingerprint density at radius 1 is 0.951 bits per heavy atom. The van der Waals surface area contributed by atoms with Crippen LogP contribution >= 0.6 is 11.6 Å². The first-order valence-electron chi connectivity index (χ1n) is 12.9. The number of nitrogens with one attached hydrogen (secondary N) is 1. The minimum Gasteiger partial charge on any atom is -0.336 e. The van der Waals surface area contributed by atoms with Crippen molar-refractivity contribution in [1.29, 1.82) is 0 Å². The van der Waals surface area contributed by atoms with E-state index in [1.807, 2.05) is 17.0 Å². The number of nitrogens with zero attached hydrogens (tertiary/aromatic N) is 5. The number of likely N-dealkylation sites (N-methyl/N-ethyl adjacent to an activating group) is 1. The number of fused-ring (bicyclic) bond motifs is 3. The van der Waals surface area contributed by atoms with Crippen LogP contribution in [0.25, 0.3) is 11.3 Å². The molecule has 6 rings (SSSR count). The maximum atomic E-state index is 14.8. The summed E-state index contributed by atoms with van der Waals surface area (Å²) in [5.74, 6) is -1.08. The Labute approximate surface area is 242 Å². The molecule has 2 aliphatic heterocycles. The van der Waals surface area contributed by atoms with Gasteiger partial charge in [-0.3, -0.25) is 9.79 Å². The summed E-state index contributed by atoms with van der Waals surface area (Å²) in [5.41, 5.74) is 3.69. The topological polar surface area (TPSA) is 73.7 Å². The molecule has 0 aliphatic carbocycles. The molecule has 1 amide bonds. The number of halogens is 3. The molecule has 3 aromatic carbocycles. The van der Waals surface area contributed by atoms with Crippen LogP contribution in [-0.2, 0) is 6.54 Å². The van der Waals surface area contributed by atoms with Gasteiger partial charge >= 0.3 is 0 Å². The molecule has 0 saturated carbocycles. The minimum atomic E-state index is -0.710. The molecule has 0 spiro atoms. The van der Waals surface area contributed by atoms with Gasteiger partial charge in [0.05, 0.1) is 23.5 Å². The highest BCUT2D eigenvalue weighted by atomic mass is 35.5. The molecule has 7 nitrogen and oxygen atoms in total. The minimum absolute atomic E-state index is 0. The summed E-state index contributed by atoms with van der Waals surface area (Å²) in [6.07, 6.45) is 1.65. The van der Waals surface area contributed by atoms with Crippen molar-refractivity contribution in [3.05, 3.63) is 106 Å². The number of carbonyl (C=O) groups is 1. The fourth-order valence-corrected chi connectivity index (χ4v) is 5.11. The van der Waals surface area contributed by atoms with Gasteiger partial charge in [0, 0.05) is 65.3 Å². The summed E-state index contributed by atoms with van der Waals surface area (Å²) >= 11 is 6.30. The van der Waals surface area contributed by atoms with Gasteiger partial charge in [0.1, 0.15) is 11.6 Å². The lowest BCUT2D eigenvalue weighted by Gasteiger charge is -2.32. The molecule has 3 heterocycles. The van der Waals surface area contributed by atoms with Crippen molar-refractivity contribution >= 4 is 34.9 Å². The van der Waals surface area contributed by atoms with Gasteiger partial charge in [0.25, 0.3) is 5.91 Å².